The monoisotopic (exact) mass is 520 g/mol. The first-order valence-corrected chi connectivity index (χ1v) is 12.5. The van der Waals surface area contributed by atoms with E-state index in [2.05, 4.69) is 42.2 Å². The van der Waals surface area contributed by atoms with Gasteiger partial charge in [0.25, 0.3) is 0 Å². The summed E-state index contributed by atoms with van der Waals surface area (Å²) in [7, 11) is 1.69. The molecule has 1 N–H and O–H groups in total. The highest BCUT2D eigenvalue weighted by Crippen LogP contribution is 2.49. The zero-order chi connectivity index (χ0) is 24.1. The summed E-state index contributed by atoms with van der Waals surface area (Å²) >= 11 is 17.4. The van der Waals surface area contributed by atoms with Crippen molar-refractivity contribution in [3.05, 3.63) is 64.8 Å². The zero-order valence-corrected chi connectivity index (χ0v) is 21.4. The Kier molecular flexibility index (Phi) is 6.16. The molecule has 8 heteroatoms. The van der Waals surface area contributed by atoms with Crippen molar-refractivity contribution in [3.63, 3.8) is 0 Å². The van der Waals surface area contributed by atoms with Crippen LogP contribution in [0.3, 0.4) is 0 Å². The molecule has 1 aliphatic carbocycles. The summed E-state index contributed by atoms with van der Waals surface area (Å²) in [5.41, 5.74) is 6.15. The molecule has 1 saturated heterocycles. The molecule has 3 aromatic rings. The van der Waals surface area contributed by atoms with E-state index in [1.807, 2.05) is 12.1 Å². The van der Waals surface area contributed by atoms with Crippen LogP contribution in [0.1, 0.15) is 28.8 Å². The molecule has 0 radical (unpaired) electrons. The number of piperidine rings is 1. The van der Waals surface area contributed by atoms with Crippen LogP contribution in [-0.4, -0.2) is 46.6 Å². The number of fused-ring (bicyclic) bond motifs is 4. The molecule has 5 rings (SSSR count). The van der Waals surface area contributed by atoms with Crippen molar-refractivity contribution in [3.8, 4) is 5.75 Å². The normalized spacial score (nSPS) is 22.3. The van der Waals surface area contributed by atoms with E-state index in [9.17, 15) is 4.79 Å². The SMILES string of the molecule is COc1cccc(C23CCN(C(=O)OCC(Cl)(Cl)Cl)CC2Cc2c([nH]c4cc(C)ccc24)C3)c1. The van der Waals surface area contributed by atoms with Crippen LogP contribution >= 0.6 is 34.8 Å². The highest BCUT2D eigenvalue weighted by molar-refractivity contribution is 6.67. The Labute approximate surface area is 214 Å². The van der Waals surface area contributed by atoms with Gasteiger partial charge in [0.2, 0.25) is 3.79 Å². The predicted octanol–water partition coefficient (Wildman–Crippen LogP) is 6.35. The highest BCUT2D eigenvalue weighted by atomic mass is 35.6. The van der Waals surface area contributed by atoms with Crippen LogP contribution in [-0.2, 0) is 23.0 Å². The average Bonchev–Trinajstić information content (AvgIpc) is 3.15. The lowest BCUT2D eigenvalue weighted by atomic mass is 9.59. The van der Waals surface area contributed by atoms with Gasteiger partial charge in [0.15, 0.2) is 0 Å². The van der Waals surface area contributed by atoms with Crippen molar-refractivity contribution in [1.82, 2.24) is 9.88 Å². The maximum atomic E-state index is 12.8. The molecule has 1 fully saturated rings. The fourth-order valence-electron chi connectivity index (χ4n) is 5.75. The summed E-state index contributed by atoms with van der Waals surface area (Å²) in [4.78, 5) is 18.3. The van der Waals surface area contributed by atoms with Gasteiger partial charge in [0.1, 0.15) is 12.4 Å². The van der Waals surface area contributed by atoms with E-state index in [4.69, 9.17) is 44.3 Å². The first-order valence-electron chi connectivity index (χ1n) is 11.4. The van der Waals surface area contributed by atoms with Crippen LogP contribution in [0.25, 0.3) is 10.9 Å². The van der Waals surface area contributed by atoms with E-state index in [0.717, 1.165) is 25.0 Å². The lowest BCUT2D eigenvalue weighted by Crippen LogP contribution is -2.55. The zero-order valence-electron chi connectivity index (χ0n) is 19.2. The van der Waals surface area contributed by atoms with Gasteiger partial charge in [-0.1, -0.05) is 59.1 Å². The first-order chi connectivity index (χ1) is 16.2. The van der Waals surface area contributed by atoms with E-state index in [0.29, 0.717) is 13.1 Å². The Morgan fingerprint density at radius 3 is 2.82 bits per heavy atom. The van der Waals surface area contributed by atoms with Gasteiger partial charge >= 0.3 is 6.09 Å². The van der Waals surface area contributed by atoms with E-state index in [1.54, 1.807) is 12.0 Å². The maximum Gasteiger partial charge on any atom is 0.409 e. The molecule has 0 saturated carbocycles. The van der Waals surface area contributed by atoms with Crippen molar-refractivity contribution in [2.75, 3.05) is 26.8 Å². The van der Waals surface area contributed by atoms with Gasteiger partial charge in [0.05, 0.1) is 7.11 Å². The summed E-state index contributed by atoms with van der Waals surface area (Å²) in [6.45, 7) is 2.98. The smallest absolute Gasteiger partial charge is 0.409 e. The number of aromatic amines is 1. The number of carbonyl (C=O) groups excluding carboxylic acids is 1. The molecule has 1 aliphatic heterocycles. The molecule has 34 heavy (non-hydrogen) atoms. The van der Waals surface area contributed by atoms with Crippen molar-refractivity contribution < 1.29 is 14.3 Å². The van der Waals surface area contributed by atoms with Crippen molar-refractivity contribution >= 4 is 51.8 Å². The Balaban J connectivity index is 1.52. The number of halogens is 3. The number of ether oxygens (including phenoxy) is 2. The number of H-pyrrole nitrogens is 1. The number of benzene rings is 2. The molecule has 180 valence electrons. The number of aryl methyl sites for hydroxylation is 1. The van der Waals surface area contributed by atoms with Gasteiger partial charge in [0, 0.05) is 35.1 Å². The summed E-state index contributed by atoms with van der Waals surface area (Å²) in [5.74, 6) is 1.05. The second-order valence-electron chi connectivity index (χ2n) is 9.46. The maximum absolute atomic E-state index is 12.8. The quantitative estimate of drug-likeness (QED) is 0.409. The number of methoxy groups -OCH3 is 1. The van der Waals surface area contributed by atoms with Crippen molar-refractivity contribution in [1.29, 1.82) is 0 Å². The standard InChI is InChI=1S/C26H27Cl3N2O3/c1-16-6-7-20-21-12-18-14-31(24(32)34-15-26(27,28)29)9-8-25(18,13-23(21)30-22(20)10-16)17-4-3-5-19(11-17)33-2/h3-7,10-11,18,30H,8-9,12-15H2,1-2H3. The largest absolute Gasteiger partial charge is 0.497 e. The Hall–Kier alpha value is -2.08. The molecule has 2 atom stereocenters. The van der Waals surface area contributed by atoms with Gasteiger partial charge in [-0.05, 0) is 67.0 Å². The number of carbonyl (C=O) groups is 1. The molecule has 1 aromatic heterocycles. The molecule has 2 aromatic carbocycles. The number of hydrogen-bond acceptors (Lipinski definition) is 3. The van der Waals surface area contributed by atoms with Gasteiger partial charge in [-0.3, -0.25) is 0 Å². The summed E-state index contributed by atoms with van der Waals surface area (Å²) in [6, 6.07) is 14.9. The summed E-state index contributed by atoms with van der Waals surface area (Å²) in [6.07, 6.45) is 2.11. The van der Waals surface area contributed by atoms with Gasteiger partial charge < -0.3 is 19.4 Å². The Morgan fingerprint density at radius 2 is 2.06 bits per heavy atom. The minimum absolute atomic E-state index is 0.122. The number of nitrogens with one attached hydrogen (secondary N) is 1. The molecule has 2 unspecified atom stereocenters. The number of alkyl halides is 3. The number of likely N-dealkylation sites (tertiary alicyclic amines) is 1. The minimum Gasteiger partial charge on any atom is -0.497 e. The molecule has 1 amide bonds. The van der Waals surface area contributed by atoms with Gasteiger partial charge in [-0.15, -0.1) is 0 Å². The minimum atomic E-state index is -1.63. The lowest BCUT2D eigenvalue weighted by molar-refractivity contribution is 0.0539. The Bertz CT molecular complexity index is 1240. The van der Waals surface area contributed by atoms with Crippen LogP contribution in [0.15, 0.2) is 42.5 Å². The van der Waals surface area contributed by atoms with Crippen LogP contribution in [0, 0.1) is 12.8 Å². The molecular formula is C26H27Cl3N2O3. The third-order valence-corrected chi connectivity index (χ3v) is 7.73. The van der Waals surface area contributed by atoms with E-state index in [1.165, 1.54) is 33.3 Å². The first kappa shape index (κ1) is 23.7. The topological polar surface area (TPSA) is 54.6 Å². The molecule has 0 spiro atoms. The molecular weight excluding hydrogens is 495 g/mol. The second kappa shape index (κ2) is 8.85. The van der Waals surface area contributed by atoms with E-state index in [-0.39, 0.29) is 17.9 Å². The van der Waals surface area contributed by atoms with Crippen molar-refractivity contribution in [2.45, 2.75) is 35.4 Å². The van der Waals surface area contributed by atoms with Gasteiger partial charge in [-0.2, -0.15) is 0 Å². The van der Waals surface area contributed by atoms with Crippen LogP contribution in [0.2, 0.25) is 0 Å². The molecule has 5 nitrogen and oxygen atoms in total. The third kappa shape index (κ3) is 4.34. The highest BCUT2D eigenvalue weighted by Gasteiger charge is 2.49. The fourth-order valence-corrected chi connectivity index (χ4v) is 5.91. The summed E-state index contributed by atoms with van der Waals surface area (Å²) < 4.78 is 9.22. The van der Waals surface area contributed by atoms with Gasteiger partial charge in [-0.25, -0.2) is 4.79 Å². The molecule has 0 bridgehead atoms. The average molecular weight is 522 g/mol. The summed E-state index contributed by atoms with van der Waals surface area (Å²) in [5, 5.41) is 1.26. The predicted molar refractivity (Wildman–Crippen MR) is 136 cm³/mol. The number of rotatable bonds is 3. The third-order valence-electron chi connectivity index (χ3n) is 7.41. The Morgan fingerprint density at radius 1 is 1.24 bits per heavy atom. The van der Waals surface area contributed by atoms with Crippen molar-refractivity contribution in [2.24, 2.45) is 5.92 Å². The fraction of sp³-hybridized carbons (Fsp3) is 0.423. The lowest BCUT2D eigenvalue weighted by Gasteiger charge is -2.50. The molecule has 2 heterocycles. The second-order valence-corrected chi connectivity index (χ2v) is 12.0. The number of hydrogen-bond donors (Lipinski definition) is 1. The number of amides is 1. The number of aromatic nitrogens is 1. The van der Waals surface area contributed by atoms with E-state index < -0.39 is 9.89 Å². The van der Waals surface area contributed by atoms with E-state index >= 15 is 0 Å². The molecule has 2 aliphatic rings. The van der Waals surface area contributed by atoms with Crippen LogP contribution < -0.4 is 4.74 Å². The number of nitrogens with zero attached hydrogens (tertiary/aromatic N) is 1. The van der Waals surface area contributed by atoms with Crippen LogP contribution in [0.4, 0.5) is 4.79 Å². The van der Waals surface area contributed by atoms with Crippen LogP contribution in [0.5, 0.6) is 5.75 Å².